The van der Waals surface area contributed by atoms with Crippen LogP contribution in [0.15, 0.2) is 41.7 Å². The summed E-state index contributed by atoms with van der Waals surface area (Å²) in [7, 11) is 0. The second-order valence-corrected chi connectivity index (χ2v) is 6.36. The molecule has 1 atom stereocenters. The summed E-state index contributed by atoms with van der Waals surface area (Å²) in [5.74, 6) is -0.887. The van der Waals surface area contributed by atoms with Crippen LogP contribution < -0.4 is 0 Å². The van der Waals surface area contributed by atoms with Crippen LogP contribution in [0.3, 0.4) is 0 Å². The second-order valence-electron chi connectivity index (χ2n) is 6.36. The molecule has 0 bridgehead atoms. The third kappa shape index (κ3) is 2.78. The Morgan fingerprint density at radius 2 is 1.83 bits per heavy atom. The molecule has 1 N–H and O–H groups in total. The SMILES string of the molecule is CCC(=O)C1=C(O)C(=O)N(C2CCCCC2)C1c1ccccc1. The Morgan fingerprint density at radius 1 is 1.17 bits per heavy atom. The van der Waals surface area contributed by atoms with Gasteiger partial charge in [0.05, 0.1) is 11.6 Å². The van der Waals surface area contributed by atoms with Gasteiger partial charge in [0.2, 0.25) is 0 Å². The Labute approximate surface area is 136 Å². The number of rotatable bonds is 4. The number of hydrogen-bond donors (Lipinski definition) is 1. The fourth-order valence-corrected chi connectivity index (χ4v) is 3.80. The number of aliphatic hydroxyl groups is 1. The minimum Gasteiger partial charge on any atom is -0.503 e. The molecule has 2 aliphatic rings. The molecular weight excluding hydrogens is 290 g/mol. The summed E-state index contributed by atoms with van der Waals surface area (Å²) in [4.78, 5) is 26.8. The average Bonchev–Trinajstić information content (AvgIpc) is 2.87. The number of nitrogens with zero attached hydrogens (tertiary/aromatic N) is 1. The van der Waals surface area contributed by atoms with Crippen LogP contribution in [0.4, 0.5) is 0 Å². The molecule has 4 nitrogen and oxygen atoms in total. The van der Waals surface area contributed by atoms with E-state index in [9.17, 15) is 14.7 Å². The normalized spacial score (nSPS) is 22.7. The van der Waals surface area contributed by atoms with Crippen molar-refractivity contribution in [3.05, 3.63) is 47.2 Å². The smallest absolute Gasteiger partial charge is 0.290 e. The van der Waals surface area contributed by atoms with Gasteiger partial charge in [0.15, 0.2) is 11.5 Å². The Kier molecular flexibility index (Phi) is 4.51. The average molecular weight is 313 g/mol. The summed E-state index contributed by atoms with van der Waals surface area (Å²) in [6.07, 6.45) is 5.54. The predicted molar refractivity (Wildman–Crippen MR) is 87.9 cm³/mol. The van der Waals surface area contributed by atoms with Gasteiger partial charge in [0.25, 0.3) is 5.91 Å². The maximum absolute atomic E-state index is 12.7. The highest BCUT2D eigenvalue weighted by Crippen LogP contribution is 2.42. The van der Waals surface area contributed by atoms with E-state index in [1.54, 1.807) is 11.8 Å². The van der Waals surface area contributed by atoms with Crippen LogP contribution in [0.25, 0.3) is 0 Å². The molecule has 0 spiro atoms. The van der Waals surface area contributed by atoms with E-state index in [-0.39, 0.29) is 35.5 Å². The minimum absolute atomic E-state index is 0.103. The number of ketones is 1. The van der Waals surface area contributed by atoms with E-state index in [0.717, 1.165) is 31.2 Å². The molecule has 1 fully saturated rings. The summed E-state index contributed by atoms with van der Waals surface area (Å²) in [6, 6.07) is 9.23. The lowest BCUT2D eigenvalue weighted by Gasteiger charge is -2.36. The van der Waals surface area contributed by atoms with Gasteiger partial charge in [-0.05, 0) is 18.4 Å². The lowest BCUT2D eigenvalue weighted by molar-refractivity contribution is -0.132. The molecule has 1 aliphatic carbocycles. The second kappa shape index (κ2) is 6.57. The van der Waals surface area contributed by atoms with E-state index in [1.807, 2.05) is 30.3 Å². The molecule has 1 aliphatic heterocycles. The number of aliphatic hydroxyl groups excluding tert-OH is 1. The Bertz CT molecular complexity index is 629. The van der Waals surface area contributed by atoms with Crippen molar-refractivity contribution in [2.24, 2.45) is 0 Å². The molecular formula is C19H23NO3. The van der Waals surface area contributed by atoms with Crippen LogP contribution in [-0.2, 0) is 9.59 Å². The zero-order valence-electron chi connectivity index (χ0n) is 13.5. The number of hydrogen-bond acceptors (Lipinski definition) is 3. The molecule has 23 heavy (non-hydrogen) atoms. The van der Waals surface area contributed by atoms with Crippen molar-refractivity contribution < 1.29 is 14.7 Å². The summed E-state index contributed by atoms with van der Waals surface area (Å²) in [6.45, 7) is 1.76. The Hall–Kier alpha value is -2.10. The first-order valence-corrected chi connectivity index (χ1v) is 8.49. The monoisotopic (exact) mass is 313 g/mol. The molecule has 3 rings (SSSR count). The third-order valence-corrected chi connectivity index (χ3v) is 4.95. The third-order valence-electron chi connectivity index (χ3n) is 4.95. The zero-order chi connectivity index (χ0) is 16.4. The van der Waals surface area contributed by atoms with Crippen LogP contribution in [0.1, 0.15) is 57.1 Å². The van der Waals surface area contributed by atoms with Gasteiger partial charge in [-0.25, -0.2) is 0 Å². The van der Waals surface area contributed by atoms with Crippen LogP contribution in [-0.4, -0.2) is 27.7 Å². The maximum Gasteiger partial charge on any atom is 0.290 e. The Balaban J connectivity index is 2.05. The van der Waals surface area contributed by atoms with Crippen molar-refractivity contribution in [3.8, 4) is 0 Å². The number of amides is 1. The topological polar surface area (TPSA) is 57.6 Å². The molecule has 1 heterocycles. The highest BCUT2D eigenvalue weighted by Gasteiger charge is 2.45. The van der Waals surface area contributed by atoms with Crippen molar-refractivity contribution in [2.75, 3.05) is 0 Å². The largest absolute Gasteiger partial charge is 0.503 e. The molecule has 1 unspecified atom stereocenters. The van der Waals surface area contributed by atoms with Crippen molar-refractivity contribution in [1.29, 1.82) is 0 Å². The number of Topliss-reactive ketones (excluding diaryl/α,β-unsaturated/α-hetero) is 1. The molecule has 1 amide bonds. The van der Waals surface area contributed by atoms with Crippen LogP contribution in [0.2, 0.25) is 0 Å². The molecule has 1 aromatic rings. The lowest BCUT2D eigenvalue weighted by Crippen LogP contribution is -2.41. The van der Waals surface area contributed by atoms with Gasteiger partial charge < -0.3 is 10.0 Å². The van der Waals surface area contributed by atoms with Crippen LogP contribution in [0, 0.1) is 0 Å². The van der Waals surface area contributed by atoms with Crippen molar-refractivity contribution in [3.63, 3.8) is 0 Å². The van der Waals surface area contributed by atoms with E-state index >= 15 is 0 Å². The lowest BCUT2D eigenvalue weighted by atomic mass is 9.90. The molecule has 122 valence electrons. The molecule has 1 saturated carbocycles. The molecule has 4 heteroatoms. The van der Waals surface area contributed by atoms with Gasteiger partial charge in [-0.3, -0.25) is 9.59 Å². The van der Waals surface area contributed by atoms with E-state index in [1.165, 1.54) is 6.42 Å². The van der Waals surface area contributed by atoms with Crippen molar-refractivity contribution >= 4 is 11.7 Å². The minimum atomic E-state index is -0.445. The van der Waals surface area contributed by atoms with Gasteiger partial charge in [-0.2, -0.15) is 0 Å². The van der Waals surface area contributed by atoms with Gasteiger partial charge in [-0.1, -0.05) is 56.5 Å². The summed E-state index contributed by atoms with van der Waals surface area (Å²) in [5.41, 5.74) is 1.17. The van der Waals surface area contributed by atoms with Crippen molar-refractivity contribution in [2.45, 2.75) is 57.5 Å². The quantitative estimate of drug-likeness (QED) is 0.922. The standard InChI is InChI=1S/C19H23NO3/c1-2-15(21)16-17(13-9-5-3-6-10-13)20(19(23)18(16)22)14-11-7-4-8-12-14/h3,5-6,9-10,14,17,22H,2,4,7-8,11-12H2,1H3. The molecule has 0 radical (unpaired) electrons. The zero-order valence-corrected chi connectivity index (χ0v) is 13.5. The van der Waals surface area contributed by atoms with Crippen molar-refractivity contribution in [1.82, 2.24) is 4.90 Å². The number of carbonyl (C=O) groups excluding carboxylic acids is 2. The van der Waals surface area contributed by atoms with E-state index < -0.39 is 6.04 Å². The molecule has 0 saturated heterocycles. The summed E-state index contributed by atoms with van der Waals surface area (Å²) < 4.78 is 0. The van der Waals surface area contributed by atoms with E-state index in [2.05, 4.69) is 0 Å². The Morgan fingerprint density at radius 3 is 2.43 bits per heavy atom. The van der Waals surface area contributed by atoms with Gasteiger partial charge in [-0.15, -0.1) is 0 Å². The van der Waals surface area contributed by atoms with Crippen LogP contribution in [0.5, 0.6) is 0 Å². The predicted octanol–water partition coefficient (Wildman–Crippen LogP) is 3.69. The highest BCUT2D eigenvalue weighted by molar-refractivity contribution is 6.08. The van der Waals surface area contributed by atoms with Gasteiger partial charge in [0.1, 0.15) is 0 Å². The molecule has 0 aromatic heterocycles. The van der Waals surface area contributed by atoms with Gasteiger partial charge in [0, 0.05) is 12.5 Å². The summed E-state index contributed by atoms with van der Waals surface area (Å²) in [5, 5.41) is 10.4. The number of carbonyl (C=O) groups is 2. The summed E-state index contributed by atoms with van der Waals surface area (Å²) >= 11 is 0. The van der Waals surface area contributed by atoms with Gasteiger partial charge >= 0.3 is 0 Å². The van der Waals surface area contributed by atoms with E-state index in [0.29, 0.717) is 0 Å². The van der Waals surface area contributed by atoms with Crippen LogP contribution >= 0.6 is 0 Å². The first-order valence-electron chi connectivity index (χ1n) is 8.49. The maximum atomic E-state index is 12.7. The molecule has 1 aromatic carbocycles. The fourth-order valence-electron chi connectivity index (χ4n) is 3.80. The first-order chi connectivity index (χ1) is 11.1. The number of benzene rings is 1. The fraction of sp³-hybridized carbons (Fsp3) is 0.474. The first kappa shape index (κ1) is 15.8. The highest BCUT2D eigenvalue weighted by atomic mass is 16.3. The van der Waals surface area contributed by atoms with E-state index in [4.69, 9.17) is 0 Å².